The average Bonchev–Trinajstić information content (AvgIpc) is 3.34. The molecular formula is C25H27N3O6S. The first-order valence-electron chi connectivity index (χ1n) is 11.3. The number of nitrogens with one attached hydrogen (secondary N) is 2. The van der Waals surface area contributed by atoms with Crippen LogP contribution in [-0.4, -0.2) is 31.0 Å². The summed E-state index contributed by atoms with van der Waals surface area (Å²) in [6.07, 6.45) is 2.78. The van der Waals surface area contributed by atoms with Crippen LogP contribution in [0.3, 0.4) is 0 Å². The van der Waals surface area contributed by atoms with Crippen molar-refractivity contribution in [3.63, 3.8) is 0 Å². The number of piperidine rings is 1. The first kappa shape index (κ1) is 24.5. The lowest BCUT2D eigenvalue weighted by Gasteiger charge is -2.24. The largest absolute Gasteiger partial charge is 0.456 e. The number of esters is 1. The van der Waals surface area contributed by atoms with Gasteiger partial charge in [-0.2, -0.15) is 8.42 Å². The molecule has 0 aliphatic carbocycles. The number of rotatable bonds is 8. The van der Waals surface area contributed by atoms with Gasteiger partial charge in [0.25, 0.3) is 0 Å². The Balaban J connectivity index is 1.54. The van der Waals surface area contributed by atoms with E-state index in [4.69, 9.17) is 9.47 Å². The Labute approximate surface area is 204 Å². The van der Waals surface area contributed by atoms with Crippen LogP contribution in [0.2, 0.25) is 0 Å². The molecule has 1 saturated heterocycles. The maximum Gasteiger partial charge on any atom is 0.422 e. The smallest absolute Gasteiger partial charge is 0.422 e. The quantitative estimate of drug-likeness (QED) is 0.456. The zero-order valence-corrected chi connectivity index (χ0v) is 19.9. The molecule has 0 spiro atoms. The molecule has 1 amide bonds. The Morgan fingerprint density at radius 3 is 2.14 bits per heavy atom. The van der Waals surface area contributed by atoms with Crippen molar-refractivity contribution in [2.24, 2.45) is 0 Å². The number of amides is 1. The summed E-state index contributed by atoms with van der Waals surface area (Å²) in [6.45, 7) is 0.636. The summed E-state index contributed by atoms with van der Waals surface area (Å²) < 4.78 is 39.3. The van der Waals surface area contributed by atoms with Crippen molar-refractivity contribution in [1.82, 2.24) is 14.0 Å². The van der Waals surface area contributed by atoms with Crippen LogP contribution in [0.25, 0.3) is 0 Å². The van der Waals surface area contributed by atoms with Crippen LogP contribution >= 0.6 is 0 Å². The highest BCUT2D eigenvalue weighted by atomic mass is 32.2. The van der Waals surface area contributed by atoms with Gasteiger partial charge >= 0.3 is 22.3 Å². The van der Waals surface area contributed by atoms with Gasteiger partial charge in [-0.1, -0.05) is 67.1 Å². The highest BCUT2D eigenvalue weighted by Crippen LogP contribution is 2.28. The number of nitrogens with zero attached hydrogens (tertiary/aromatic N) is 1. The average molecular weight is 498 g/mol. The molecule has 2 aromatic carbocycles. The lowest BCUT2D eigenvalue weighted by Crippen LogP contribution is -2.37. The molecule has 2 N–H and O–H groups in total. The minimum Gasteiger partial charge on any atom is -0.456 e. The summed E-state index contributed by atoms with van der Waals surface area (Å²) in [7, 11) is -4.48. The molecule has 10 heteroatoms. The fourth-order valence-electron chi connectivity index (χ4n) is 3.93. The van der Waals surface area contributed by atoms with Gasteiger partial charge in [0.2, 0.25) is 0 Å². The summed E-state index contributed by atoms with van der Waals surface area (Å²) in [5.74, 6) is -0.802. The van der Waals surface area contributed by atoms with E-state index in [0.717, 1.165) is 35.3 Å². The minimum atomic E-state index is -4.48. The van der Waals surface area contributed by atoms with Gasteiger partial charge in [-0.05, 0) is 36.6 Å². The number of aromatic nitrogens is 1. The highest BCUT2D eigenvalue weighted by Gasteiger charge is 2.31. The monoisotopic (exact) mass is 497 g/mol. The fourth-order valence-corrected chi connectivity index (χ4v) is 4.94. The van der Waals surface area contributed by atoms with Gasteiger partial charge in [-0.25, -0.2) is 18.3 Å². The molecule has 1 aromatic heterocycles. The van der Waals surface area contributed by atoms with Gasteiger partial charge in [0.15, 0.2) is 0 Å². The van der Waals surface area contributed by atoms with Crippen molar-refractivity contribution >= 4 is 22.3 Å². The first-order valence-corrected chi connectivity index (χ1v) is 12.8. The molecule has 1 atom stereocenters. The lowest BCUT2D eigenvalue weighted by molar-refractivity contribution is 0.0461. The highest BCUT2D eigenvalue weighted by molar-refractivity contribution is 7.88. The SMILES string of the molecule is O=C(NS(=O)(=O)n1ccc(C2CCCCN2)c1C(=O)OCc1ccccc1)OCc1ccccc1. The van der Waals surface area contributed by atoms with Crippen LogP contribution in [0.15, 0.2) is 72.9 Å². The molecule has 3 aromatic rings. The number of hydrogen-bond donors (Lipinski definition) is 2. The molecule has 9 nitrogen and oxygen atoms in total. The number of carbonyl (C=O) groups excluding carboxylic acids is 2. The molecule has 4 rings (SSSR count). The summed E-state index contributed by atoms with van der Waals surface area (Å²) in [4.78, 5) is 25.4. The molecule has 0 saturated carbocycles. The van der Waals surface area contributed by atoms with Gasteiger partial charge in [0, 0.05) is 17.8 Å². The van der Waals surface area contributed by atoms with E-state index < -0.39 is 22.3 Å². The second kappa shape index (κ2) is 11.2. The summed E-state index contributed by atoms with van der Waals surface area (Å²) >= 11 is 0. The van der Waals surface area contributed by atoms with Crippen LogP contribution in [0.4, 0.5) is 4.79 Å². The topological polar surface area (TPSA) is 116 Å². The van der Waals surface area contributed by atoms with Gasteiger partial charge in [0.05, 0.1) is 0 Å². The van der Waals surface area contributed by atoms with Crippen molar-refractivity contribution < 1.29 is 27.5 Å². The van der Waals surface area contributed by atoms with Gasteiger partial charge in [-0.3, -0.25) is 0 Å². The number of benzene rings is 2. The van der Waals surface area contributed by atoms with E-state index in [1.165, 1.54) is 6.20 Å². The van der Waals surface area contributed by atoms with Crippen LogP contribution in [0, 0.1) is 0 Å². The Morgan fingerprint density at radius 2 is 1.54 bits per heavy atom. The third-order valence-electron chi connectivity index (χ3n) is 5.66. The van der Waals surface area contributed by atoms with Crippen molar-refractivity contribution in [1.29, 1.82) is 0 Å². The third-order valence-corrected chi connectivity index (χ3v) is 6.91. The van der Waals surface area contributed by atoms with E-state index in [9.17, 15) is 18.0 Å². The molecule has 1 fully saturated rings. The Bertz CT molecular complexity index is 1250. The predicted octanol–water partition coefficient (Wildman–Crippen LogP) is 3.68. The van der Waals surface area contributed by atoms with Crippen molar-refractivity contribution in [3.05, 3.63) is 95.3 Å². The van der Waals surface area contributed by atoms with Crippen molar-refractivity contribution in [2.75, 3.05) is 6.54 Å². The van der Waals surface area contributed by atoms with E-state index >= 15 is 0 Å². The standard InChI is InChI=1S/C25H27N3O6S/c29-24(33-17-19-9-3-1-4-10-19)23-21(22-13-7-8-15-26-22)14-16-28(23)35(31,32)27-25(30)34-18-20-11-5-2-6-12-20/h1-6,9-12,14,16,22,26H,7-8,13,15,17-18H2,(H,27,30). The van der Waals surface area contributed by atoms with Gasteiger partial charge in [-0.15, -0.1) is 0 Å². The van der Waals surface area contributed by atoms with Gasteiger partial charge < -0.3 is 14.8 Å². The molecule has 1 aliphatic rings. The predicted molar refractivity (Wildman–Crippen MR) is 129 cm³/mol. The second-order valence-corrected chi connectivity index (χ2v) is 9.70. The van der Waals surface area contributed by atoms with Crippen molar-refractivity contribution in [3.8, 4) is 0 Å². The molecular weight excluding hydrogens is 470 g/mol. The number of hydrogen-bond acceptors (Lipinski definition) is 7. The second-order valence-electron chi connectivity index (χ2n) is 8.15. The maximum absolute atomic E-state index is 13.1. The van der Waals surface area contributed by atoms with E-state index in [1.54, 1.807) is 42.5 Å². The van der Waals surface area contributed by atoms with Crippen molar-refractivity contribution in [2.45, 2.75) is 38.5 Å². The maximum atomic E-state index is 13.1. The Hall–Kier alpha value is -3.63. The third kappa shape index (κ3) is 6.28. The number of ether oxygens (including phenoxy) is 2. The molecule has 2 heterocycles. The normalized spacial score (nSPS) is 15.8. The minimum absolute atomic E-state index is 0.0189. The van der Waals surface area contributed by atoms with Crippen LogP contribution < -0.4 is 10.0 Å². The molecule has 184 valence electrons. The summed E-state index contributed by atoms with van der Waals surface area (Å²) in [5.41, 5.74) is 1.83. The molecule has 1 aliphatic heterocycles. The molecule has 35 heavy (non-hydrogen) atoms. The first-order chi connectivity index (χ1) is 16.9. The summed E-state index contributed by atoms with van der Waals surface area (Å²) in [5, 5.41) is 3.32. The fraction of sp³-hybridized carbons (Fsp3) is 0.280. The summed E-state index contributed by atoms with van der Waals surface area (Å²) in [6, 6.07) is 19.3. The van der Waals surface area contributed by atoms with Gasteiger partial charge in [0.1, 0.15) is 18.9 Å². The van der Waals surface area contributed by atoms with E-state index in [2.05, 4.69) is 5.32 Å². The lowest BCUT2D eigenvalue weighted by atomic mass is 9.98. The Morgan fingerprint density at radius 1 is 0.914 bits per heavy atom. The zero-order chi connectivity index (χ0) is 24.7. The Kier molecular flexibility index (Phi) is 7.84. The molecule has 0 radical (unpaired) electrons. The van der Waals surface area contributed by atoms with E-state index in [1.807, 2.05) is 29.0 Å². The van der Waals surface area contributed by atoms with E-state index in [0.29, 0.717) is 11.1 Å². The zero-order valence-electron chi connectivity index (χ0n) is 19.1. The number of carbonyl (C=O) groups is 2. The molecule has 0 bridgehead atoms. The van der Waals surface area contributed by atoms with E-state index in [-0.39, 0.29) is 24.9 Å². The van der Waals surface area contributed by atoms with Crippen LogP contribution in [-0.2, 0) is 32.9 Å². The van der Waals surface area contributed by atoms with Crippen LogP contribution in [0.5, 0.6) is 0 Å². The molecule has 1 unspecified atom stereocenters. The van der Waals surface area contributed by atoms with Crippen LogP contribution in [0.1, 0.15) is 52.5 Å².